The van der Waals surface area contributed by atoms with Crippen LogP contribution < -0.4 is 10.6 Å². The monoisotopic (exact) mass is 332 g/mol. The minimum atomic E-state index is -0.717. The van der Waals surface area contributed by atoms with Crippen molar-refractivity contribution in [1.82, 2.24) is 10.6 Å². The number of esters is 1. The molecule has 1 aromatic carbocycles. The van der Waals surface area contributed by atoms with Crippen LogP contribution in [0.2, 0.25) is 0 Å². The molecule has 2 amide bonds. The van der Waals surface area contributed by atoms with Gasteiger partial charge in [-0.1, -0.05) is 18.2 Å². The number of fused-ring (bicyclic) bond motifs is 1. The number of ether oxygens (including phenoxy) is 1. The average molecular weight is 332 g/mol. The van der Waals surface area contributed by atoms with Crippen LogP contribution >= 0.6 is 0 Å². The average Bonchev–Trinajstić information content (AvgIpc) is 2.87. The van der Waals surface area contributed by atoms with E-state index in [2.05, 4.69) is 10.6 Å². The summed E-state index contributed by atoms with van der Waals surface area (Å²) in [4.78, 5) is 35.1. The van der Waals surface area contributed by atoms with Crippen LogP contribution in [0.3, 0.4) is 0 Å². The van der Waals surface area contributed by atoms with Crippen molar-refractivity contribution in [2.45, 2.75) is 26.8 Å². The first-order valence-electron chi connectivity index (χ1n) is 7.59. The summed E-state index contributed by atoms with van der Waals surface area (Å²) in [6.45, 7) is 4.73. The SMILES string of the molecule is Cc1c(C(=O)OCC(=O)NCC(=O)NC(C)C)oc2ccccc12. The van der Waals surface area contributed by atoms with Crippen LogP contribution in [0.5, 0.6) is 0 Å². The fourth-order valence-corrected chi connectivity index (χ4v) is 2.17. The number of nitrogens with one attached hydrogen (secondary N) is 2. The molecule has 0 aliphatic rings. The van der Waals surface area contributed by atoms with Gasteiger partial charge in [0.2, 0.25) is 11.7 Å². The smallest absolute Gasteiger partial charge is 0.375 e. The van der Waals surface area contributed by atoms with Crippen molar-refractivity contribution in [1.29, 1.82) is 0 Å². The van der Waals surface area contributed by atoms with Gasteiger partial charge in [-0.2, -0.15) is 0 Å². The van der Waals surface area contributed by atoms with Gasteiger partial charge in [0.1, 0.15) is 5.58 Å². The minimum Gasteiger partial charge on any atom is -0.450 e. The molecule has 0 atom stereocenters. The number of carbonyl (C=O) groups excluding carboxylic acids is 3. The maximum Gasteiger partial charge on any atom is 0.375 e. The highest BCUT2D eigenvalue weighted by atomic mass is 16.5. The molecule has 0 saturated heterocycles. The number of hydrogen-bond donors (Lipinski definition) is 2. The number of carbonyl (C=O) groups is 3. The number of amides is 2. The molecule has 2 aromatic rings. The van der Waals surface area contributed by atoms with Gasteiger partial charge in [-0.05, 0) is 26.8 Å². The van der Waals surface area contributed by atoms with Crippen molar-refractivity contribution >= 4 is 28.8 Å². The number of benzene rings is 1. The van der Waals surface area contributed by atoms with Crippen molar-refractivity contribution in [3.63, 3.8) is 0 Å². The lowest BCUT2D eigenvalue weighted by molar-refractivity contribution is -0.128. The first kappa shape index (κ1) is 17.5. The van der Waals surface area contributed by atoms with E-state index >= 15 is 0 Å². The molecule has 0 bridgehead atoms. The third-order valence-electron chi connectivity index (χ3n) is 3.26. The Morgan fingerprint density at radius 2 is 1.88 bits per heavy atom. The van der Waals surface area contributed by atoms with Crippen molar-refractivity contribution < 1.29 is 23.5 Å². The molecule has 2 N–H and O–H groups in total. The van der Waals surface area contributed by atoms with Crippen LogP contribution in [0.25, 0.3) is 11.0 Å². The van der Waals surface area contributed by atoms with E-state index in [9.17, 15) is 14.4 Å². The highest BCUT2D eigenvalue weighted by Gasteiger charge is 2.19. The Kier molecular flexibility index (Phi) is 5.57. The van der Waals surface area contributed by atoms with Crippen molar-refractivity contribution in [3.8, 4) is 0 Å². The molecule has 1 heterocycles. The van der Waals surface area contributed by atoms with Crippen LogP contribution in [0.4, 0.5) is 0 Å². The van der Waals surface area contributed by atoms with E-state index in [1.54, 1.807) is 19.1 Å². The van der Waals surface area contributed by atoms with E-state index in [1.807, 2.05) is 26.0 Å². The molecule has 2 rings (SSSR count). The summed E-state index contributed by atoms with van der Waals surface area (Å²) >= 11 is 0. The topological polar surface area (TPSA) is 97.6 Å². The summed E-state index contributed by atoms with van der Waals surface area (Å²) in [5.74, 6) is -1.51. The molecular formula is C17H20N2O5. The zero-order valence-electron chi connectivity index (χ0n) is 13.8. The highest BCUT2D eigenvalue weighted by molar-refractivity contribution is 5.96. The molecule has 0 aliphatic carbocycles. The van der Waals surface area contributed by atoms with Crippen LogP contribution in [0.1, 0.15) is 30.0 Å². The first-order valence-corrected chi connectivity index (χ1v) is 7.59. The normalized spacial score (nSPS) is 10.7. The predicted molar refractivity (Wildman–Crippen MR) is 87.5 cm³/mol. The van der Waals surface area contributed by atoms with E-state index in [1.165, 1.54) is 0 Å². The van der Waals surface area contributed by atoms with E-state index in [4.69, 9.17) is 9.15 Å². The summed E-state index contributed by atoms with van der Waals surface area (Å²) in [5, 5.41) is 5.83. The molecule has 7 heteroatoms. The summed E-state index contributed by atoms with van der Waals surface area (Å²) in [7, 11) is 0. The van der Waals surface area contributed by atoms with E-state index < -0.39 is 18.5 Å². The maximum absolute atomic E-state index is 12.0. The fraction of sp³-hybridized carbons (Fsp3) is 0.353. The summed E-state index contributed by atoms with van der Waals surface area (Å²) < 4.78 is 10.4. The molecule has 24 heavy (non-hydrogen) atoms. The number of aryl methyl sites for hydroxylation is 1. The zero-order valence-corrected chi connectivity index (χ0v) is 13.8. The van der Waals surface area contributed by atoms with Gasteiger partial charge in [0.15, 0.2) is 6.61 Å². The lowest BCUT2D eigenvalue weighted by Crippen LogP contribution is -2.41. The predicted octanol–water partition coefficient (Wildman–Crippen LogP) is 1.54. The molecule has 0 aliphatic heterocycles. The quantitative estimate of drug-likeness (QED) is 0.782. The third kappa shape index (κ3) is 4.34. The molecule has 7 nitrogen and oxygen atoms in total. The van der Waals surface area contributed by atoms with Gasteiger partial charge in [-0.25, -0.2) is 4.79 Å². The summed E-state index contributed by atoms with van der Waals surface area (Å²) in [6.07, 6.45) is 0. The molecule has 128 valence electrons. The Hall–Kier alpha value is -2.83. The fourth-order valence-electron chi connectivity index (χ4n) is 2.17. The van der Waals surface area contributed by atoms with Crippen LogP contribution in [0.15, 0.2) is 28.7 Å². The Labute approximate surface area is 139 Å². The molecule has 1 aromatic heterocycles. The number of para-hydroxylation sites is 1. The lowest BCUT2D eigenvalue weighted by Gasteiger charge is -2.09. The summed E-state index contributed by atoms with van der Waals surface area (Å²) in [5.41, 5.74) is 1.24. The van der Waals surface area contributed by atoms with Crippen molar-refractivity contribution in [2.75, 3.05) is 13.2 Å². The Morgan fingerprint density at radius 3 is 2.54 bits per heavy atom. The molecule has 0 radical (unpaired) electrons. The molecule has 0 saturated carbocycles. The van der Waals surface area contributed by atoms with Gasteiger partial charge in [-0.3, -0.25) is 9.59 Å². The zero-order chi connectivity index (χ0) is 17.7. The van der Waals surface area contributed by atoms with E-state index in [0.29, 0.717) is 11.1 Å². The standard InChI is InChI=1S/C17H20N2O5/c1-10(2)19-14(20)8-18-15(21)9-23-17(22)16-11(3)12-6-4-5-7-13(12)24-16/h4-7,10H,8-9H2,1-3H3,(H,18,21)(H,19,20). The lowest BCUT2D eigenvalue weighted by atomic mass is 10.1. The Balaban J connectivity index is 1.87. The Bertz CT molecular complexity index is 763. The number of hydrogen-bond acceptors (Lipinski definition) is 5. The highest BCUT2D eigenvalue weighted by Crippen LogP contribution is 2.25. The van der Waals surface area contributed by atoms with Gasteiger partial charge < -0.3 is 19.8 Å². The first-order chi connectivity index (χ1) is 11.4. The van der Waals surface area contributed by atoms with Crippen LogP contribution in [-0.4, -0.2) is 37.0 Å². The third-order valence-corrected chi connectivity index (χ3v) is 3.26. The van der Waals surface area contributed by atoms with Crippen LogP contribution in [-0.2, 0) is 14.3 Å². The van der Waals surface area contributed by atoms with E-state index in [0.717, 1.165) is 5.39 Å². The molecule has 0 spiro atoms. The van der Waals surface area contributed by atoms with Crippen molar-refractivity contribution in [2.24, 2.45) is 0 Å². The number of rotatable bonds is 6. The second-order valence-corrected chi connectivity index (χ2v) is 5.63. The Morgan fingerprint density at radius 1 is 1.17 bits per heavy atom. The van der Waals surface area contributed by atoms with Crippen molar-refractivity contribution in [3.05, 3.63) is 35.6 Å². The molecule has 0 unspecified atom stereocenters. The molecule has 0 fully saturated rings. The molecular weight excluding hydrogens is 312 g/mol. The van der Waals surface area contributed by atoms with Gasteiger partial charge >= 0.3 is 5.97 Å². The van der Waals surface area contributed by atoms with Gasteiger partial charge in [0.25, 0.3) is 5.91 Å². The van der Waals surface area contributed by atoms with Gasteiger partial charge in [0, 0.05) is 17.0 Å². The van der Waals surface area contributed by atoms with E-state index in [-0.39, 0.29) is 24.3 Å². The maximum atomic E-state index is 12.0. The van der Waals surface area contributed by atoms with Gasteiger partial charge in [0.05, 0.1) is 6.54 Å². The largest absolute Gasteiger partial charge is 0.450 e. The van der Waals surface area contributed by atoms with Crippen LogP contribution in [0, 0.1) is 6.92 Å². The minimum absolute atomic E-state index is 0.0108. The summed E-state index contributed by atoms with van der Waals surface area (Å²) in [6, 6.07) is 7.22. The number of furan rings is 1. The van der Waals surface area contributed by atoms with Gasteiger partial charge in [-0.15, -0.1) is 0 Å². The second-order valence-electron chi connectivity index (χ2n) is 5.63. The second kappa shape index (κ2) is 7.63.